The maximum Gasteiger partial charge on any atom is 0.416 e. The molecular formula is C29H24ClF6N3O2. The number of carbonyl (C=O) groups excluding carboxylic acids is 1. The van der Waals surface area contributed by atoms with Crippen LogP contribution in [-0.4, -0.2) is 23.9 Å². The van der Waals surface area contributed by atoms with Gasteiger partial charge in [0.2, 0.25) is 0 Å². The van der Waals surface area contributed by atoms with Gasteiger partial charge in [0.05, 0.1) is 42.9 Å². The molecule has 0 bridgehead atoms. The Morgan fingerprint density at radius 2 is 1.49 bits per heavy atom. The van der Waals surface area contributed by atoms with Crippen LogP contribution in [0.3, 0.4) is 0 Å². The summed E-state index contributed by atoms with van der Waals surface area (Å²) in [6, 6.07) is 15.2. The van der Waals surface area contributed by atoms with Crippen molar-refractivity contribution in [3.8, 4) is 0 Å². The summed E-state index contributed by atoms with van der Waals surface area (Å²) in [6.07, 6.45) is -9.12. The van der Waals surface area contributed by atoms with E-state index in [4.69, 9.17) is 16.3 Å². The summed E-state index contributed by atoms with van der Waals surface area (Å²) >= 11 is 6.04. The quantitative estimate of drug-likeness (QED) is 0.236. The molecular weight excluding hydrogens is 572 g/mol. The first-order chi connectivity index (χ1) is 19.3. The first-order valence-electron chi connectivity index (χ1n) is 12.2. The number of ether oxygens (including phenoxy) is 1. The van der Waals surface area contributed by atoms with Crippen molar-refractivity contribution in [1.29, 1.82) is 0 Å². The van der Waals surface area contributed by atoms with Gasteiger partial charge < -0.3 is 15.0 Å². The Balaban J connectivity index is 1.81. The number of guanidine groups is 1. The fraction of sp³-hybridized carbons (Fsp3) is 0.241. The van der Waals surface area contributed by atoms with E-state index in [0.717, 1.165) is 24.3 Å². The molecule has 12 heteroatoms. The van der Waals surface area contributed by atoms with Crippen LogP contribution in [0, 0.1) is 0 Å². The molecule has 1 aliphatic rings. The lowest BCUT2D eigenvalue weighted by Gasteiger charge is -2.38. The predicted octanol–water partition coefficient (Wildman–Crippen LogP) is 7.53. The average Bonchev–Trinajstić information content (AvgIpc) is 2.92. The largest absolute Gasteiger partial charge is 0.466 e. The number of carbonyl (C=O) groups is 1. The van der Waals surface area contributed by atoms with Crippen LogP contribution in [0.15, 0.2) is 89.1 Å². The SMILES string of the molecule is COC(=O)C1=C(C)N(Cc2cccc(C(F)(F)F)c2)C(=NCc2cccc(C(F)(F)F)c2)NC1c1ccc(Cl)cc1. The van der Waals surface area contributed by atoms with Gasteiger partial charge in [0.1, 0.15) is 0 Å². The summed E-state index contributed by atoms with van der Waals surface area (Å²) in [4.78, 5) is 19.0. The zero-order chi connectivity index (χ0) is 29.9. The highest BCUT2D eigenvalue weighted by molar-refractivity contribution is 6.30. The third-order valence-electron chi connectivity index (χ3n) is 6.48. The Kier molecular flexibility index (Phi) is 8.67. The molecule has 0 amide bonds. The number of nitrogens with zero attached hydrogens (tertiary/aromatic N) is 2. The smallest absolute Gasteiger partial charge is 0.416 e. The topological polar surface area (TPSA) is 53.9 Å². The van der Waals surface area contributed by atoms with Crippen LogP contribution < -0.4 is 5.32 Å². The molecule has 0 aliphatic carbocycles. The van der Waals surface area contributed by atoms with Crippen LogP contribution in [0.1, 0.15) is 40.8 Å². The first kappa shape index (κ1) is 30.0. The maximum atomic E-state index is 13.4. The Morgan fingerprint density at radius 3 is 2.05 bits per heavy atom. The van der Waals surface area contributed by atoms with Crippen LogP contribution in [0.4, 0.5) is 26.3 Å². The third kappa shape index (κ3) is 7.02. The van der Waals surface area contributed by atoms with E-state index in [1.807, 2.05) is 0 Å². The number of halogens is 7. The van der Waals surface area contributed by atoms with Crippen LogP contribution in [-0.2, 0) is 35.0 Å². The second-order valence-electron chi connectivity index (χ2n) is 9.24. The number of benzene rings is 3. The van der Waals surface area contributed by atoms with Crippen molar-refractivity contribution < 1.29 is 35.9 Å². The molecule has 0 spiro atoms. The number of nitrogens with one attached hydrogen (secondary N) is 1. The predicted molar refractivity (Wildman–Crippen MR) is 142 cm³/mol. The minimum atomic E-state index is -4.57. The van der Waals surface area contributed by atoms with E-state index in [2.05, 4.69) is 10.3 Å². The van der Waals surface area contributed by atoms with Gasteiger partial charge in [0.25, 0.3) is 0 Å². The molecule has 1 unspecified atom stereocenters. The second-order valence-corrected chi connectivity index (χ2v) is 9.68. The zero-order valence-corrected chi connectivity index (χ0v) is 22.5. The molecule has 1 atom stereocenters. The Morgan fingerprint density at radius 1 is 0.927 bits per heavy atom. The standard InChI is InChI=1S/C29H24ClF6N3O2/c1-17-24(26(40)41-2)25(20-9-11-23(30)12-10-20)38-27(37-15-18-5-3-7-21(13-18)28(31,32)33)39(17)16-19-6-4-8-22(14-19)29(34,35)36/h3-14,25H,15-16H2,1-2H3,(H,37,38). The van der Waals surface area contributed by atoms with Gasteiger partial charge in [-0.3, -0.25) is 0 Å². The molecule has 4 rings (SSSR count). The zero-order valence-electron chi connectivity index (χ0n) is 21.8. The van der Waals surface area contributed by atoms with Crippen molar-refractivity contribution in [2.45, 2.75) is 38.4 Å². The molecule has 0 saturated carbocycles. The molecule has 0 radical (unpaired) electrons. The van der Waals surface area contributed by atoms with Gasteiger partial charge in [-0.25, -0.2) is 9.79 Å². The number of aliphatic imine (C=N–C) groups is 1. The number of alkyl halides is 6. The lowest BCUT2D eigenvalue weighted by molar-refractivity contribution is -0.138. The van der Waals surface area contributed by atoms with E-state index in [-0.39, 0.29) is 35.7 Å². The highest BCUT2D eigenvalue weighted by Crippen LogP contribution is 2.35. The van der Waals surface area contributed by atoms with E-state index in [0.29, 0.717) is 16.3 Å². The second kappa shape index (κ2) is 11.9. The van der Waals surface area contributed by atoms with Gasteiger partial charge in [-0.15, -0.1) is 0 Å². The van der Waals surface area contributed by atoms with Gasteiger partial charge in [0, 0.05) is 10.7 Å². The molecule has 216 valence electrons. The van der Waals surface area contributed by atoms with Crippen molar-refractivity contribution >= 4 is 23.5 Å². The van der Waals surface area contributed by atoms with E-state index < -0.39 is 35.5 Å². The van der Waals surface area contributed by atoms with Crippen LogP contribution >= 0.6 is 11.6 Å². The highest BCUT2D eigenvalue weighted by Gasteiger charge is 2.36. The molecule has 1 N–H and O–H groups in total. The molecule has 41 heavy (non-hydrogen) atoms. The summed E-state index contributed by atoms with van der Waals surface area (Å²) < 4.78 is 85.0. The molecule has 5 nitrogen and oxygen atoms in total. The van der Waals surface area contributed by atoms with Crippen molar-refractivity contribution in [2.24, 2.45) is 4.99 Å². The maximum absolute atomic E-state index is 13.4. The number of allylic oxidation sites excluding steroid dienone is 1. The van der Waals surface area contributed by atoms with E-state index in [1.165, 1.54) is 36.3 Å². The number of hydrogen-bond donors (Lipinski definition) is 1. The third-order valence-corrected chi connectivity index (χ3v) is 6.73. The minimum Gasteiger partial charge on any atom is -0.466 e. The molecule has 0 saturated heterocycles. The van der Waals surface area contributed by atoms with Crippen LogP contribution in [0.2, 0.25) is 5.02 Å². The minimum absolute atomic E-state index is 0.127. The van der Waals surface area contributed by atoms with Crippen molar-refractivity contribution in [3.05, 3.63) is 117 Å². The van der Waals surface area contributed by atoms with Gasteiger partial charge in [0.15, 0.2) is 5.96 Å². The van der Waals surface area contributed by atoms with Crippen molar-refractivity contribution in [1.82, 2.24) is 10.2 Å². The Hall–Kier alpha value is -3.99. The van der Waals surface area contributed by atoms with Gasteiger partial charge >= 0.3 is 18.3 Å². The number of methoxy groups -OCH3 is 1. The van der Waals surface area contributed by atoms with Crippen LogP contribution in [0.25, 0.3) is 0 Å². The van der Waals surface area contributed by atoms with E-state index in [9.17, 15) is 31.1 Å². The number of rotatable bonds is 6. The number of esters is 1. The lowest BCUT2D eigenvalue weighted by atomic mass is 9.94. The Bertz CT molecular complexity index is 1480. The summed E-state index contributed by atoms with van der Waals surface area (Å²) in [6.45, 7) is 1.29. The molecule has 3 aromatic carbocycles. The fourth-order valence-electron chi connectivity index (χ4n) is 4.44. The molecule has 3 aromatic rings. The molecule has 1 aliphatic heterocycles. The monoisotopic (exact) mass is 595 g/mol. The molecule has 1 heterocycles. The summed E-state index contributed by atoms with van der Waals surface area (Å²) in [7, 11) is 1.20. The fourth-order valence-corrected chi connectivity index (χ4v) is 4.56. The highest BCUT2D eigenvalue weighted by atomic mass is 35.5. The van der Waals surface area contributed by atoms with E-state index in [1.54, 1.807) is 31.2 Å². The molecule has 0 fully saturated rings. The summed E-state index contributed by atoms with van der Waals surface area (Å²) in [5.74, 6) is -0.536. The Labute approximate surface area is 237 Å². The number of hydrogen-bond acceptors (Lipinski definition) is 3. The van der Waals surface area contributed by atoms with Crippen molar-refractivity contribution in [3.63, 3.8) is 0 Å². The van der Waals surface area contributed by atoms with Gasteiger partial charge in [-0.1, -0.05) is 48.0 Å². The normalized spacial score (nSPS) is 17.0. The van der Waals surface area contributed by atoms with Crippen molar-refractivity contribution in [2.75, 3.05) is 7.11 Å². The first-order valence-corrected chi connectivity index (χ1v) is 12.6. The molecule has 0 aromatic heterocycles. The average molecular weight is 596 g/mol. The van der Waals surface area contributed by atoms with Gasteiger partial charge in [-0.2, -0.15) is 26.3 Å². The lowest BCUT2D eigenvalue weighted by Crippen LogP contribution is -2.48. The summed E-state index contributed by atoms with van der Waals surface area (Å²) in [5.41, 5.74) is -0.0271. The van der Waals surface area contributed by atoms with Gasteiger partial charge in [-0.05, 0) is 60.0 Å². The van der Waals surface area contributed by atoms with Crippen LogP contribution in [0.5, 0.6) is 0 Å². The van der Waals surface area contributed by atoms with E-state index >= 15 is 0 Å². The summed E-state index contributed by atoms with van der Waals surface area (Å²) in [5, 5.41) is 3.60.